The number of ether oxygens (including phenoxy) is 1. The number of hydrogen-bond donors (Lipinski definition) is 2. The average molecular weight is 356 g/mol. The number of benzene rings is 1. The largest absolute Gasteiger partial charge is 0.481 e. The molecule has 9 heteroatoms. The molecule has 0 spiro atoms. The highest BCUT2D eigenvalue weighted by Crippen LogP contribution is 2.20. The molecule has 1 unspecified atom stereocenters. The highest BCUT2D eigenvalue weighted by Gasteiger charge is 2.28. The van der Waals surface area contributed by atoms with E-state index in [0.717, 1.165) is 0 Å². The Kier molecular flexibility index (Phi) is 5.79. The molecule has 1 aliphatic rings. The predicted octanol–water partition coefficient (Wildman–Crippen LogP) is 0.764. The van der Waals surface area contributed by atoms with Crippen molar-refractivity contribution in [2.75, 3.05) is 30.2 Å². The third-order valence-corrected chi connectivity index (χ3v) is 4.92. The summed E-state index contributed by atoms with van der Waals surface area (Å²) in [5, 5.41) is 8.85. The molecule has 1 fully saturated rings. The molecule has 1 aromatic carbocycles. The Bertz CT molecular complexity index is 718. The van der Waals surface area contributed by atoms with Gasteiger partial charge in [0.1, 0.15) is 0 Å². The molecule has 1 aromatic rings. The number of nitrogens with zero attached hydrogens (tertiary/aromatic N) is 1. The Morgan fingerprint density at radius 1 is 1.38 bits per heavy atom. The molecule has 0 bridgehead atoms. The molecule has 0 aliphatic carbocycles. The number of nitrogens with one attached hydrogen (secondary N) is 1. The van der Waals surface area contributed by atoms with E-state index >= 15 is 0 Å². The molecular formula is C15H20N2O6S. The van der Waals surface area contributed by atoms with Gasteiger partial charge < -0.3 is 14.7 Å². The maximum Gasteiger partial charge on any atom is 0.306 e. The van der Waals surface area contributed by atoms with Crippen LogP contribution in [-0.4, -0.2) is 61.9 Å². The molecule has 1 heterocycles. The number of carbonyl (C=O) groups is 2. The second kappa shape index (κ2) is 7.63. The summed E-state index contributed by atoms with van der Waals surface area (Å²) >= 11 is 0. The van der Waals surface area contributed by atoms with Gasteiger partial charge in [0.05, 0.1) is 36.1 Å². The van der Waals surface area contributed by atoms with Crippen molar-refractivity contribution in [1.29, 1.82) is 0 Å². The van der Waals surface area contributed by atoms with E-state index in [9.17, 15) is 18.0 Å². The number of carboxylic acid groups (broad SMARTS) is 1. The number of carbonyl (C=O) groups excluding carboxylic acids is 1. The molecule has 1 aliphatic heterocycles. The quantitative estimate of drug-likeness (QED) is 0.778. The molecule has 8 nitrogen and oxygen atoms in total. The van der Waals surface area contributed by atoms with Gasteiger partial charge in [-0.15, -0.1) is 0 Å². The van der Waals surface area contributed by atoms with Crippen molar-refractivity contribution in [3.8, 4) is 0 Å². The first-order valence-electron chi connectivity index (χ1n) is 7.54. The lowest BCUT2D eigenvalue weighted by Gasteiger charge is -2.32. The number of aliphatic carboxylic acids is 1. The maximum absolute atomic E-state index is 12.7. The van der Waals surface area contributed by atoms with Gasteiger partial charge in [0.25, 0.3) is 5.91 Å². The number of amides is 1. The van der Waals surface area contributed by atoms with Crippen LogP contribution in [0.25, 0.3) is 0 Å². The summed E-state index contributed by atoms with van der Waals surface area (Å²) < 4.78 is 31.3. The van der Waals surface area contributed by atoms with Crippen LogP contribution in [0.5, 0.6) is 0 Å². The van der Waals surface area contributed by atoms with Crippen LogP contribution < -0.4 is 4.72 Å². The fourth-order valence-electron chi connectivity index (χ4n) is 2.39. The van der Waals surface area contributed by atoms with Crippen LogP contribution >= 0.6 is 0 Å². The van der Waals surface area contributed by atoms with E-state index in [1.165, 1.54) is 24.0 Å². The lowest BCUT2D eigenvalue weighted by atomic mass is 10.1. The van der Waals surface area contributed by atoms with E-state index in [1.54, 1.807) is 12.1 Å². The van der Waals surface area contributed by atoms with Gasteiger partial charge >= 0.3 is 5.97 Å². The van der Waals surface area contributed by atoms with Gasteiger partial charge in [-0.3, -0.25) is 14.3 Å². The minimum absolute atomic E-state index is 0.103. The number of hydrogen-bond acceptors (Lipinski definition) is 5. The molecule has 132 valence electrons. The second-order valence-electron chi connectivity index (χ2n) is 5.39. The lowest BCUT2D eigenvalue weighted by molar-refractivity contribution is -0.141. The first kappa shape index (κ1) is 18.2. The highest BCUT2D eigenvalue weighted by atomic mass is 32.2. The minimum Gasteiger partial charge on any atom is -0.481 e. The standard InChI is InChI=1S/C15H20N2O6S/c1-2-24(21,22)16-13-6-4-3-5-12(13)15(20)17-7-8-23-11(10-17)9-14(18)19/h3-6,11,16H,2,7-10H2,1H3,(H,18,19). The third-order valence-electron chi connectivity index (χ3n) is 3.63. The van der Waals surface area contributed by atoms with E-state index in [2.05, 4.69) is 4.72 Å². The highest BCUT2D eigenvalue weighted by molar-refractivity contribution is 7.92. The van der Waals surface area contributed by atoms with Crippen LogP contribution in [0.4, 0.5) is 5.69 Å². The first-order valence-corrected chi connectivity index (χ1v) is 9.20. The van der Waals surface area contributed by atoms with Crippen LogP contribution in [0, 0.1) is 0 Å². The summed E-state index contributed by atoms with van der Waals surface area (Å²) in [6.07, 6.45) is -0.756. The zero-order chi connectivity index (χ0) is 17.7. The Morgan fingerprint density at radius 2 is 2.08 bits per heavy atom. The van der Waals surface area contributed by atoms with Crippen LogP contribution in [0.3, 0.4) is 0 Å². The molecule has 1 amide bonds. The van der Waals surface area contributed by atoms with Gasteiger partial charge in [-0.2, -0.15) is 0 Å². The first-order chi connectivity index (χ1) is 11.3. The van der Waals surface area contributed by atoms with E-state index in [-0.39, 0.29) is 42.5 Å². The molecule has 2 N–H and O–H groups in total. The van der Waals surface area contributed by atoms with E-state index < -0.39 is 22.1 Å². The lowest BCUT2D eigenvalue weighted by Crippen LogP contribution is -2.46. The molecular weight excluding hydrogens is 336 g/mol. The smallest absolute Gasteiger partial charge is 0.306 e. The van der Waals surface area contributed by atoms with Gasteiger partial charge in [0.15, 0.2) is 0 Å². The normalized spacial score (nSPS) is 18.2. The molecule has 0 aromatic heterocycles. The molecule has 2 rings (SSSR count). The van der Waals surface area contributed by atoms with Crippen molar-refractivity contribution in [3.63, 3.8) is 0 Å². The molecule has 1 atom stereocenters. The van der Waals surface area contributed by atoms with Gasteiger partial charge in [0, 0.05) is 13.1 Å². The van der Waals surface area contributed by atoms with Crippen molar-refractivity contribution in [2.45, 2.75) is 19.4 Å². The summed E-state index contributed by atoms with van der Waals surface area (Å²) in [6, 6.07) is 6.34. The van der Waals surface area contributed by atoms with Crippen molar-refractivity contribution >= 4 is 27.6 Å². The molecule has 1 saturated heterocycles. The zero-order valence-electron chi connectivity index (χ0n) is 13.3. The molecule has 0 radical (unpaired) electrons. The number of morpholine rings is 1. The van der Waals surface area contributed by atoms with E-state index in [4.69, 9.17) is 9.84 Å². The fourth-order valence-corrected chi connectivity index (χ4v) is 3.05. The summed E-state index contributed by atoms with van der Waals surface area (Å²) in [5.74, 6) is -1.46. The van der Waals surface area contributed by atoms with Crippen LogP contribution in [-0.2, 0) is 19.6 Å². The predicted molar refractivity (Wildman–Crippen MR) is 87.4 cm³/mol. The van der Waals surface area contributed by atoms with Crippen molar-refractivity contribution in [3.05, 3.63) is 29.8 Å². The van der Waals surface area contributed by atoms with Crippen LogP contribution in [0.1, 0.15) is 23.7 Å². The number of sulfonamides is 1. The number of anilines is 1. The summed E-state index contributed by atoms with van der Waals surface area (Å²) in [6.45, 7) is 2.22. The van der Waals surface area contributed by atoms with Crippen LogP contribution in [0.15, 0.2) is 24.3 Å². The van der Waals surface area contributed by atoms with Crippen LogP contribution in [0.2, 0.25) is 0 Å². The molecule has 0 saturated carbocycles. The zero-order valence-corrected chi connectivity index (χ0v) is 14.1. The Labute approximate surface area is 140 Å². The maximum atomic E-state index is 12.7. The second-order valence-corrected chi connectivity index (χ2v) is 7.40. The van der Waals surface area contributed by atoms with Crippen molar-refractivity contribution in [2.24, 2.45) is 0 Å². The average Bonchev–Trinajstić information content (AvgIpc) is 2.54. The SMILES string of the molecule is CCS(=O)(=O)Nc1ccccc1C(=O)N1CCOC(CC(=O)O)C1. The topological polar surface area (TPSA) is 113 Å². The number of carboxylic acids is 1. The number of rotatable bonds is 6. The molecule has 24 heavy (non-hydrogen) atoms. The summed E-state index contributed by atoms with van der Waals surface area (Å²) in [7, 11) is -3.51. The number of para-hydroxylation sites is 1. The third kappa shape index (κ3) is 4.68. The van der Waals surface area contributed by atoms with Gasteiger partial charge in [-0.25, -0.2) is 8.42 Å². The Hall–Kier alpha value is -2.13. The van der Waals surface area contributed by atoms with Gasteiger partial charge in [0.2, 0.25) is 10.0 Å². The van der Waals surface area contributed by atoms with E-state index in [0.29, 0.717) is 6.54 Å². The summed E-state index contributed by atoms with van der Waals surface area (Å²) in [5.41, 5.74) is 0.441. The fraction of sp³-hybridized carbons (Fsp3) is 0.467. The van der Waals surface area contributed by atoms with Gasteiger partial charge in [-0.05, 0) is 19.1 Å². The monoisotopic (exact) mass is 356 g/mol. The van der Waals surface area contributed by atoms with Crippen molar-refractivity contribution < 1.29 is 27.9 Å². The minimum atomic E-state index is -3.51. The van der Waals surface area contributed by atoms with Crippen molar-refractivity contribution in [1.82, 2.24) is 4.90 Å². The summed E-state index contributed by atoms with van der Waals surface area (Å²) in [4.78, 5) is 25.0. The Balaban J connectivity index is 2.19. The Morgan fingerprint density at radius 3 is 2.75 bits per heavy atom. The van der Waals surface area contributed by atoms with E-state index in [1.807, 2.05) is 0 Å². The van der Waals surface area contributed by atoms with Gasteiger partial charge in [-0.1, -0.05) is 12.1 Å².